The molecule has 0 fully saturated rings. The molecule has 2 aromatic rings. The second kappa shape index (κ2) is 6.63. The molecule has 0 atom stereocenters. The number of rotatable bonds is 6. The molecule has 18 heavy (non-hydrogen) atoms. The van der Waals surface area contributed by atoms with Gasteiger partial charge in [-0.15, -0.1) is 10.2 Å². The Balaban J connectivity index is 2.00. The Morgan fingerprint density at radius 2 is 2.11 bits per heavy atom. The first-order valence-electron chi connectivity index (χ1n) is 5.70. The number of aromatic nitrogens is 2. The summed E-state index contributed by atoms with van der Waals surface area (Å²) in [5, 5.41) is 19.7. The number of aliphatic hydroxyl groups excluding tert-OH is 1. The van der Waals surface area contributed by atoms with E-state index in [1.54, 1.807) is 0 Å². The molecular formula is C12H14BrN3O2. The largest absolute Gasteiger partial charge is 0.419 e. The first-order chi connectivity index (χ1) is 8.81. The fourth-order valence-corrected chi connectivity index (χ4v) is 1.92. The van der Waals surface area contributed by atoms with Gasteiger partial charge in [0.15, 0.2) is 0 Å². The maximum atomic E-state index is 8.65. The van der Waals surface area contributed by atoms with E-state index in [2.05, 4.69) is 31.4 Å². The van der Waals surface area contributed by atoms with Gasteiger partial charge in [-0.3, -0.25) is 0 Å². The molecule has 0 aliphatic carbocycles. The van der Waals surface area contributed by atoms with Crippen LogP contribution in [0.25, 0.3) is 11.5 Å². The van der Waals surface area contributed by atoms with Crippen molar-refractivity contribution in [3.8, 4) is 11.5 Å². The first kappa shape index (κ1) is 13.2. The minimum Gasteiger partial charge on any atom is -0.419 e. The lowest BCUT2D eigenvalue weighted by molar-refractivity contribution is 0.285. The first-order valence-corrected chi connectivity index (χ1v) is 6.49. The smallest absolute Gasteiger partial charge is 0.248 e. The molecule has 1 aromatic carbocycles. The Labute approximate surface area is 113 Å². The van der Waals surface area contributed by atoms with Crippen LogP contribution in [0, 0.1) is 0 Å². The second-order valence-corrected chi connectivity index (χ2v) is 4.59. The number of halogens is 1. The molecule has 0 bridgehead atoms. The Hall–Kier alpha value is -1.24. The fourth-order valence-electron chi connectivity index (χ4n) is 1.47. The molecule has 0 radical (unpaired) electrons. The number of nitrogens with zero attached hydrogens (tertiary/aromatic N) is 2. The highest BCUT2D eigenvalue weighted by atomic mass is 79.9. The van der Waals surface area contributed by atoms with Gasteiger partial charge in [0.25, 0.3) is 0 Å². The highest BCUT2D eigenvalue weighted by Gasteiger charge is 2.10. The average Bonchev–Trinajstić information content (AvgIpc) is 2.84. The summed E-state index contributed by atoms with van der Waals surface area (Å²) in [6.45, 7) is 1.42. The van der Waals surface area contributed by atoms with Gasteiger partial charge in [0, 0.05) is 11.1 Å². The maximum absolute atomic E-state index is 8.65. The van der Waals surface area contributed by atoms with Crippen molar-refractivity contribution in [1.29, 1.82) is 0 Å². The zero-order chi connectivity index (χ0) is 12.8. The number of hydrogen-bond donors (Lipinski definition) is 2. The van der Waals surface area contributed by atoms with Gasteiger partial charge in [0.2, 0.25) is 11.8 Å². The molecule has 96 valence electrons. The topological polar surface area (TPSA) is 71.2 Å². The number of hydrogen-bond acceptors (Lipinski definition) is 5. The maximum Gasteiger partial charge on any atom is 0.248 e. The normalized spacial score (nSPS) is 10.8. The van der Waals surface area contributed by atoms with Gasteiger partial charge in [-0.05, 0) is 41.0 Å². The molecule has 2 N–H and O–H groups in total. The van der Waals surface area contributed by atoms with Crippen LogP contribution in [-0.2, 0) is 6.54 Å². The van der Waals surface area contributed by atoms with E-state index in [4.69, 9.17) is 9.52 Å². The lowest BCUT2D eigenvalue weighted by Crippen LogP contribution is -2.15. The van der Waals surface area contributed by atoms with E-state index in [0.29, 0.717) is 24.7 Å². The summed E-state index contributed by atoms with van der Waals surface area (Å²) in [7, 11) is 0. The molecule has 1 aromatic heterocycles. The summed E-state index contributed by atoms with van der Waals surface area (Å²) >= 11 is 3.44. The third-order valence-electron chi connectivity index (χ3n) is 2.36. The van der Waals surface area contributed by atoms with Crippen LogP contribution in [0.3, 0.4) is 0 Å². The van der Waals surface area contributed by atoms with E-state index < -0.39 is 0 Å². The van der Waals surface area contributed by atoms with Crippen LogP contribution in [0.1, 0.15) is 12.3 Å². The molecule has 0 saturated heterocycles. The Kier molecular flexibility index (Phi) is 4.86. The zero-order valence-corrected chi connectivity index (χ0v) is 11.4. The number of aliphatic hydroxyl groups is 1. The van der Waals surface area contributed by atoms with Crippen molar-refractivity contribution in [1.82, 2.24) is 15.5 Å². The van der Waals surface area contributed by atoms with Gasteiger partial charge >= 0.3 is 0 Å². The molecule has 2 rings (SSSR count). The van der Waals surface area contributed by atoms with Crippen molar-refractivity contribution in [3.63, 3.8) is 0 Å². The zero-order valence-electron chi connectivity index (χ0n) is 9.77. The van der Waals surface area contributed by atoms with Gasteiger partial charge in [-0.25, -0.2) is 0 Å². The third kappa shape index (κ3) is 3.38. The summed E-state index contributed by atoms with van der Waals surface area (Å²) in [6.07, 6.45) is 0.714. The molecule has 1 heterocycles. The molecule has 0 aliphatic heterocycles. The molecule has 0 unspecified atom stereocenters. The van der Waals surface area contributed by atoms with Gasteiger partial charge < -0.3 is 14.8 Å². The molecule has 5 nitrogen and oxygen atoms in total. The van der Waals surface area contributed by atoms with Gasteiger partial charge in [0.05, 0.1) is 12.1 Å². The van der Waals surface area contributed by atoms with Crippen LogP contribution in [0.15, 0.2) is 33.2 Å². The van der Waals surface area contributed by atoms with E-state index in [1.165, 1.54) is 0 Å². The highest BCUT2D eigenvalue weighted by Crippen LogP contribution is 2.26. The SMILES string of the molecule is OCCCNCc1nnc(-c2ccccc2Br)o1. The van der Waals surface area contributed by atoms with Crippen LogP contribution in [-0.4, -0.2) is 28.5 Å². The Morgan fingerprint density at radius 1 is 1.28 bits per heavy atom. The number of benzene rings is 1. The molecule has 0 aliphatic rings. The van der Waals surface area contributed by atoms with E-state index in [9.17, 15) is 0 Å². The highest BCUT2D eigenvalue weighted by molar-refractivity contribution is 9.10. The van der Waals surface area contributed by atoms with Crippen molar-refractivity contribution in [2.45, 2.75) is 13.0 Å². The van der Waals surface area contributed by atoms with Gasteiger partial charge in [0.1, 0.15) is 0 Å². The quantitative estimate of drug-likeness (QED) is 0.798. The van der Waals surface area contributed by atoms with Crippen LogP contribution < -0.4 is 5.32 Å². The summed E-state index contributed by atoms with van der Waals surface area (Å²) in [6, 6.07) is 7.70. The molecule has 0 amide bonds. The average molecular weight is 312 g/mol. The van der Waals surface area contributed by atoms with Crippen molar-refractivity contribution in [3.05, 3.63) is 34.6 Å². The lowest BCUT2D eigenvalue weighted by Gasteiger charge is -1.99. The van der Waals surface area contributed by atoms with E-state index >= 15 is 0 Å². The standard InChI is InChI=1S/C12H14BrN3O2/c13-10-5-2-1-4-9(10)12-16-15-11(18-12)8-14-6-3-7-17/h1-2,4-5,14,17H,3,6-8H2. The minimum absolute atomic E-state index is 0.180. The summed E-state index contributed by atoms with van der Waals surface area (Å²) in [5.41, 5.74) is 0.881. The van der Waals surface area contributed by atoms with E-state index in [0.717, 1.165) is 16.6 Å². The van der Waals surface area contributed by atoms with Crippen molar-refractivity contribution < 1.29 is 9.52 Å². The predicted octanol–water partition coefficient (Wildman–Crippen LogP) is 1.97. The number of nitrogens with one attached hydrogen (secondary N) is 1. The molecule has 6 heteroatoms. The van der Waals surface area contributed by atoms with Crippen molar-refractivity contribution >= 4 is 15.9 Å². The van der Waals surface area contributed by atoms with Gasteiger partial charge in [-0.1, -0.05) is 12.1 Å². The Bertz CT molecular complexity index is 502. The predicted molar refractivity (Wildman–Crippen MR) is 70.8 cm³/mol. The van der Waals surface area contributed by atoms with E-state index in [1.807, 2.05) is 24.3 Å². The van der Waals surface area contributed by atoms with Crippen LogP contribution >= 0.6 is 15.9 Å². The second-order valence-electron chi connectivity index (χ2n) is 3.73. The third-order valence-corrected chi connectivity index (χ3v) is 3.05. The Morgan fingerprint density at radius 3 is 2.89 bits per heavy atom. The monoisotopic (exact) mass is 311 g/mol. The summed E-state index contributed by atoms with van der Waals surface area (Å²) < 4.78 is 6.48. The summed E-state index contributed by atoms with van der Waals surface area (Å²) in [4.78, 5) is 0. The van der Waals surface area contributed by atoms with Crippen LogP contribution in [0.2, 0.25) is 0 Å². The van der Waals surface area contributed by atoms with Crippen molar-refractivity contribution in [2.24, 2.45) is 0 Å². The van der Waals surface area contributed by atoms with Crippen LogP contribution in [0.4, 0.5) is 0 Å². The van der Waals surface area contributed by atoms with E-state index in [-0.39, 0.29) is 6.61 Å². The lowest BCUT2D eigenvalue weighted by atomic mass is 10.2. The molecule has 0 spiro atoms. The van der Waals surface area contributed by atoms with Gasteiger partial charge in [-0.2, -0.15) is 0 Å². The fraction of sp³-hybridized carbons (Fsp3) is 0.333. The van der Waals surface area contributed by atoms with Crippen molar-refractivity contribution in [2.75, 3.05) is 13.2 Å². The van der Waals surface area contributed by atoms with Crippen LogP contribution in [0.5, 0.6) is 0 Å². The molecule has 0 saturated carbocycles. The summed E-state index contributed by atoms with van der Waals surface area (Å²) in [5.74, 6) is 1.04. The minimum atomic E-state index is 0.180. The molecular weight excluding hydrogens is 298 g/mol.